The largest absolute Gasteiger partial charge is 0.322 e. The van der Waals surface area contributed by atoms with E-state index >= 15 is 0 Å². The second-order valence-corrected chi connectivity index (χ2v) is 3.30. The molecule has 0 aromatic heterocycles. The van der Waals surface area contributed by atoms with Gasteiger partial charge >= 0.3 is 0 Å². The van der Waals surface area contributed by atoms with E-state index in [1.165, 1.54) is 18.2 Å². The zero-order valence-corrected chi connectivity index (χ0v) is 8.57. The molecule has 0 radical (unpaired) electrons. The number of benzene rings is 1. The zero-order valence-electron chi connectivity index (χ0n) is 7.81. The predicted octanol–water partition coefficient (Wildman–Crippen LogP) is 3.22. The van der Waals surface area contributed by atoms with Crippen LogP contribution in [0.25, 0.3) is 0 Å². The SMILES string of the molecule is CCCC(=O)Nc1c(F)cccc1Cl. The standard InChI is InChI=1S/C10H11ClFNO/c1-2-4-9(14)13-10-7(11)5-3-6-8(10)12/h3,5-6H,2,4H2,1H3,(H,13,14). The van der Waals surface area contributed by atoms with Crippen LogP contribution in [0, 0.1) is 5.82 Å². The van der Waals surface area contributed by atoms with E-state index in [1.807, 2.05) is 6.92 Å². The maximum absolute atomic E-state index is 13.2. The number of halogens is 2. The third-order valence-corrected chi connectivity index (χ3v) is 2.02. The van der Waals surface area contributed by atoms with Crippen LogP contribution >= 0.6 is 11.6 Å². The van der Waals surface area contributed by atoms with E-state index in [2.05, 4.69) is 5.32 Å². The number of carbonyl (C=O) groups is 1. The Balaban J connectivity index is 2.80. The molecule has 0 spiro atoms. The van der Waals surface area contributed by atoms with Crippen molar-refractivity contribution in [1.82, 2.24) is 0 Å². The molecule has 1 aromatic carbocycles. The monoisotopic (exact) mass is 215 g/mol. The topological polar surface area (TPSA) is 29.1 Å². The number of anilines is 1. The lowest BCUT2D eigenvalue weighted by Gasteiger charge is -2.06. The van der Waals surface area contributed by atoms with E-state index in [1.54, 1.807) is 0 Å². The van der Waals surface area contributed by atoms with Gasteiger partial charge < -0.3 is 5.32 Å². The van der Waals surface area contributed by atoms with Gasteiger partial charge in [-0.25, -0.2) is 4.39 Å². The van der Waals surface area contributed by atoms with Crippen molar-refractivity contribution in [1.29, 1.82) is 0 Å². The molecule has 0 aliphatic carbocycles. The van der Waals surface area contributed by atoms with E-state index < -0.39 is 5.82 Å². The quantitative estimate of drug-likeness (QED) is 0.824. The highest BCUT2D eigenvalue weighted by Gasteiger charge is 2.09. The molecule has 1 aromatic rings. The van der Waals surface area contributed by atoms with Gasteiger partial charge in [0.25, 0.3) is 0 Å². The molecule has 1 rings (SSSR count). The number of carbonyl (C=O) groups excluding carboxylic acids is 1. The first kappa shape index (κ1) is 11.0. The number of hydrogen-bond donors (Lipinski definition) is 1. The average Bonchev–Trinajstić information content (AvgIpc) is 2.12. The van der Waals surface area contributed by atoms with Gasteiger partial charge in [-0.15, -0.1) is 0 Å². The van der Waals surface area contributed by atoms with Gasteiger partial charge in [-0.3, -0.25) is 4.79 Å². The third-order valence-electron chi connectivity index (χ3n) is 1.70. The summed E-state index contributed by atoms with van der Waals surface area (Å²) in [5.41, 5.74) is 0.0626. The first-order chi connectivity index (χ1) is 6.65. The molecule has 1 N–H and O–H groups in total. The minimum atomic E-state index is -0.512. The van der Waals surface area contributed by atoms with Crippen LogP contribution in [0.4, 0.5) is 10.1 Å². The van der Waals surface area contributed by atoms with Crippen molar-refractivity contribution in [3.8, 4) is 0 Å². The van der Waals surface area contributed by atoms with Crippen LogP contribution in [0.5, 0.6) is 0 Å². The Hall–Kier alpha value is -1.09. The smallest absolute Gasteiger partial charge is 0.224 e. The maximum Gasteiger partial charge on any atom is 0.224 e. The molecule has 0 aliphatic heterocycles. The van der Waals surface area contributed by atoms with Gasteiger partial charge in [-0.2, -0.15) is 0 Å². The number of para-hydroxylation sites is 1. The Morgan fingerprint density at radius 1 is 1.57 bits per heavy atom. The van der Waals surface area contributed by atoms with Crippen LogP contribution in [-0.2, 0) is 4.79 Å². The molecule has 0 heterocycles. The molecular formula is C10H11ClFNO. The molecule has 0 atom stereocenters. The summed E-state index contributed by atoms with van der Waals surface area (Å²) in [5.74, 6) is -0.735. The summed E-state index contributed by atoms with van der Waals surface area (Å²) < 4.78 is 13.2. The Morgan fingerprint density at radius 3 is 2.86 bits per heavy atom. The molecular weight excluding hydrogens is 205 g/mol. The van der Waals surface area contributed by atoms with Crippen molar-refractivity contribution < 1.29 is 9.18 Å². The number of amides is 1. The molecule has 1 amide bonds. The number of nitrogens with one attached hydrogen (secondary N) is 1. The lowest BCUT2D eigenvalue weighted by molar-refractivity contribution is -0.116. The molecule has 0 aliphatic rings. The number of hydrogen-bond acceptors (Lipinski definition) is 1. The minimum Gasteiger partial charge on any atom is -0.322 e. The van der Waals surface area contributed by atoms with E-state index in [9.17, 15) is 9.18 Å². The van der Waals surface area contributed by atoms with Crippen LogP contribution in [0.15, 0.2) is 18.2 Å². The molecule has 4 heteroatoms. The average molecular weight is 216 g/mol. The highest BCUT2D eigenvalue weighted by molar-refractivity contribution is 6.33. The highest BCUT2D eigenvalue weighted by Crippen LogP contribution is 2.24. The van der Waals surface area contributed by atoms with Crippen LogP contribution < -0.4 is 5.32 Å². The van der Waals surface area contributed by atoms with E-state index in [4.69, 9.17) is 11.6 Å². The van der Waals surface area contributed by atoms with Gasteiger partial charge in [-0.05, 0) is 18.6 Å². The highest BCUT2D eigenvalue weighted by atomic mass is 35.5. The summed E-state index contributed by atoms with van der Waals surface area (Å²) >= 11 is 5.72. The molecule has 76 valence electrons. The van der Waals surface area contributed by atoms with E-state index in [0.29, 0.717) is 6.42 Å². The molecule has 0 bridgehead atoms. The van der Waals surface area contributed by atoms with Crippen molar-refractivity contribution >= 4 is 23.2 Å². The van der Waals surface area contributed by atoms with Gasteiger partial charge in [0.2, 0.25) is 5.91 Å². The fourth-order valence-electron chi connectivity index (χ4n) is 1.05. The third kappa shape index (κ3) is 2.70. The summed E-state index contributed by atoms with van der Waals surface area (Å²) in [6, 6.07) is 4.28. The summed E-state index contributed by atoms with van der Waals surface area (Å²) in [6.07, 6.45) is 1.09. The fourth-order valence-corrected chi connectivity index (χ4v) is 1.26. The maximum atomic E-state index is 13.2. The summed E-state index contributed by atoms with van der Waals surface area (Å²) in [6.45, 7) is 1.88. The van der Waals surface area contributed by atoms with Crippen molar-refractivity contribution in [3.63, 3.8) is 0 Å². The van der Waals surface area contributed by atoms with Crippen molar-refractivity contribution in [3.05, 3.63) is 29.0 Å². The van der Waals surface area contributed by atoms with Gasteiger partial charge in [0.1, 0.15) is 5.82 Å². The summed E-state index contributed by atoms with van der Waals surface area (Å²) in [4.78, 5) is 11.2. The van der Waals surface area contributed by atoms with Crippen LogP contribution in [0.3, 0.4) is 0 Å². The van der Waals surface area contributed by atoms with Crippen molar-refractivity contribution in [2.75, 3.05) is 5.32 Å². The Bertz CT molecular complexity index is 321. The first-order valence-electron chi connectivity index (χ1n) is 4.39. The van der Waals surface area contributed by atoms with E-state index in [0.717, 1.165) is 6.42 Å². The predicted molar refractivity (Wildman–Crippen MR) is 54.9 cm³/mol. The summed E-state index contributed by atoms with van der Waals surface area (Å²) in [7, 11) is 0. The molecule has 0 saturated heterocycles. The van der Waals surface area contributed by atoms with Crippen LogP contribution in [0.2, 0.25) is 5.02 Å². The molecule has 14 heavy (non-hydrogen) atoms. The van der Waals surface area contributed by atoms with Crippen molar-refractivity contribution in [2.24, 2.45) is 0 Å². The van der Waals surface area contributed by atoms with Crippen LogP contribution in [0.1, 0.15) is 19.8 Å². The Kier molecular flexibility index (Phi) is 3.89. The Labute approximate surface area is 87.1 Å². The van der Waals surface area contributed by atoms with Crippen molar-refractivity contribution in [2.45, 2.75) is 19.8 Å². The molecule has 2 nitrogen and oxygen atoms in total. The zero-order chi connectivity index (χ0) is 10.6. The minimum absolute atomic E-state index is 0.0626. The Morgan fingerprint density at radius 2 is 2.29 bits per heavy atom. The first-order valence-corrected chi connectivity index (χ1v) is 4.76. The van der Waals surface area contributed by atoms with Crippen LogP contribution in [-0.4, -0.2) is 5.91 Å². The second kappa shape index (κ2) is 4.96. The van der Waals surface area contributed by atoms with Gasteiger partial charge in [-0.1, -0.05) is 24.6 Å². The lowest BCUT2D eigenvalue weighted by atomic mass is 10.2. The molecule has 0 unspecified atom stereocenters. The van der Waals surface area contributed by atoms with Gasteiger partial charge in [0.15, 0.2) is 0 Å². The van der Waals surface area contributed by atoms with Gasteiger partial charge in [0.05, 0.1) is 10.7 Å². The molecule has 0 saturated carbocycles. The van der Waals surface area contributed by atoms with E-state index in [-0.39, 0.29) is 16.6 Å². The number of rotatable bonds is 3. The normalized spacial score (nSPS) is 9.93. The fraction of sp³-hybridized carbons (Fsp3) is 0.300. The molecule has 0 fully saturated rings. The lowest BCUT2D eigenvalue weighted by Crippen LogP contribution is -2.12. The summed E-state index contributed by atoms with van der Waals surface area (Å²) in [5, 5.41) is 2.65. The second-order valence-electron chi connectivity index (χ2n) is 2.89. The van der Waals surface area contributed by atoms with Gasteiger partial charge in [0, 0.05) is 6.42 Å².